The molecule has 0 fully saturated rings. The number of hydrogen-bond acceptors (Lipinski definition) is 4. The van der Waals surface area contributed by atoms with Gasteiger partial charge in [0.25, 0.3) is 0 Å². The second kappa shape index (κ2) is 6.27. The average molecular weight is 374 g/mol. The van der Waals surface area contributed by atoms with Gasteiger partial charge in [0.1, 0.15) is 0 Å². The van der Waals surface area contributed by atoms with Gasteiger partial charge in [0.2, 0.25) is 10.0 Å². The van der Waals surface area contributed by atoms with Crippen molar-refractivity contribution in [1.29, 1.82) is 0 Å². The number of aromatic nitrogens is 2. The van der Waals surface area contributed by atoms with Crippen LogP contribution >= 0.6 is 15.9 Å². The third kappa shape index (κ3) is 3.52. The first-order chi connectivity index (χ1) is 9.85. The minimum Gasteiger partial charge on any atom is -0.392 e. The summed E-state index contributed by atoms with van der Waals surface area (Å²) in [6, 6.07) is 4.93. The fourth-order valence-corrected chi connectivity index (χ4v) is 3.85. The molecule has 0 amide bonds. The van der Waals surface area contributed by atoms with Crippen LogP contribution in [0.1, 0.15) is 16.8 Å². The maximum atomic E-state index is 12.4. The Hall–Kier alpha value is -1.22. The summed E-state index contributed by atoms with van der Waals surface area (Å²) in [5.41, 5.74) is 1.90. The number of nitrogens with one attached hydrogen (secondary N) is 1. The molecule has 8 heteroatoms. The monoisotopic (exact) mass is 373 g/mol. The molecule has 1 aromatic carbocycles. The van der Waals surface area contributed by atoms with Crippen LogP contribution in [0.15, 0.2) is 33.8 Å². The van der Waals surface area contributed by atoms with Gasteiger partial charge in [-0.05, 0) is 36.2 Å². The number of aliphatic hydroxyl groups is 1. The summed E-state index contributed by atoms with van der Waals surface area (Å²) in [5.74, 6) is 0. The van der Waals surface area contributed by atoms with E-state index in [1.807, 2.05) is 0 Å². The number of nitrogens with zero attached hydrogens (tertiary/aromatic N) is 2. The number of sulfonamides is 1. The predicted octanol–water partition coefficient (Wildman–Crippen LogP) is 1.46. The van der Waals surface area contributed by atoms with Crippen LogP contribution in [0.25, 0.3) is 0 Å². The highest BCUT2D eigenvalue weighted by atomic mass is 79.9. The topological polar surface area (TPSA) is 84.2 Å². The minimum absolute atomic E-state index is 0.152. The van der Waals surface area contributed by atoms with Crippen molar-refractivity contribution in [1.82, 2.24) is 14.5 Å². The van der Waals surface area contributed by atoms with E-state index in [1.165, 1.54) is 6.07 Å². The van der Waals surface area contributed by atoms with E-state index in [1.54, 1.807) is 37.0 Å². The van der Waals surface area contributed by atoms with Gasteiger partial charge in [0, 0.05) is 17.7 Å². The lowest BCUT2D eigenvalue weighted by Gasteiger charge is -2.12. The number of aliphatic hydroxyl groups excluding tert-OH is 1. The van der Waals surface area contributed by atoms with Crippen LogP contribution in [-0.4, -0.2) is 23.3 Å². The minimum atomic E-state index is -3.67. The van der Waals surface area contributed by atoms with Crippen molar-refractivity contribution >= 4 is 26.0 Å². The van der Waals surface area contributed by atoms with Crippen LogP contribution in [0, 0.1) is 6.92 Å². The van der Waals surface area contributed by atoms with Crippen molar-refractivity contribution in [3.8, 4) is 0 Å². The zero-order valence-electron chi connectivity index (χ0n) is 11.7. The second-order valence-electron chi connectivity index (χ2n) is 4.63. The zero-order valence-corrected chi connectivity index (χ0v) is 14.1. The third-order valence-electron chi connectivity index (χ3n) is 3.19. The molecule has 0 spiro atoms. The molecule has 114 valence electrons. The lowest BCUT2D eigenvalue weighted by atomic mass is 10.2. The smallest absolute Gasteiger partial charge is 0.241 e. The maximum Gasteiger partial charge on any atom is 0.241 e. The molecule has 0 bridgehead atoms. The van der Waals surface area contributed by atoms with Gasteiger partial charge < -0.3 is 5.11 Å². The highest BCUT2D eigenvalue weighted by Gasteiger charge is 2.19. The van der Waals surface area contributed by atoms with E-state index in [0.29, 0.717) is 15.6 Å². The molecule has 0 unspecified atom stereocenters. The van der Waals surface area contributed by atoms with Crippen molar-refractivity contribution in [2.75, 3.05) is 0 Å². The Balaban J connectivity index is 2.31. The Bertz CT molecular complexity index is 756. The lowest BCUT2D eigenvalue weighted by Crippen LogP contribution is -2.25. The molecule has 2 N–H and O–H groups in total. The number of halogens is 1. The summed E-state index contributed by atoms with van der Waals surface area (Å²) in [7, 11) is -1.92. The first kappa shape index (κ1) is 16.2. The SMILES string of the molecule is Cc1c(Br)cc(CO)cc1S(=O)(=O)NCc1ccnn1C. The van der Waals surface area contributed by atoms with Gasteiger partial charge in [0.05, 0.1) is 23.7 Å². The molecule has 21 heavy (non-hydrogen) atoms. The molecule has 2 rings (SSSR count). The van der Waals surface area contributed by atoms with E-state index in [4.69, 9.17) is 0 Å². The number of aryl methyl sites for hydroxylation is 1. The van der Waals surface area contributed by atoms with E-state index in [0.717, 1.165) is 5.69 Å². The van der Waals surface area contributed by atoms with Crippen LogP contribution in [0.2, 0.25) is 0 Å². The summed E-state index contributed by atoms with van der Waals surface area (Å²) in [4.78, 5) is 0.156. The largest absolute Gasteiger partial charge is 0.392 e. The average Bonchev–Trinajstić information content (AvgIpc) is 2.84. The first-order valence-electron chi connectivity index (χ1n) is 6.21. The van der Waals surface area contributed by atoms with E-state index >= 15 is 0 Å². The van der Waals surface area contributed by atoms with Crippen molar-refractivity contribution in [2.24, 2.45) is 7.05 Å². The molecular weight excluding hydrogens is 358 g/mol. The quantitative estimate of drug-likeness (QED) is 0.830. The Morgan fingerprint density at radius 2 is 2.14 bits per heavy atom. The molecular formula is C13H16BrN3O3S. The highest BCUT2D eigenvalue weighted by molar-refractivity contribution is 9.10. The fourth-order valence-electron chi connectivity index (χ4n) is 1.90. The van der Waals surface area contributed by atoms with Crippen molar-refractivity contribution in [3.05, 3.63) is 45.7 Å². The highest BCUT2D eigenvalue weighted by Crippen LogP contribution is 2.26. The van der Waals surface area contributed by atoms with Gasteiger partial charge in [-0.15, -0.1) is 0 Å². The molecule has 0 radical (unpaired) electrons. The van der Waals surface area contributed by atoms with Gasteiger partial charge in [-0.2, -0.15) is 5.10 Å². The molecule has 0 aliphatic carbocycles. The van der Waals surface area contributed by atoms with Gasteiger partial charge in [-0.3, -0.25) is 4.68 Å². The van der Waals surface area contributed by atoms with Crippen molar-refractivity contribution < 1.29 is 13.5 Å². The Morgan fingerprint density at radius 1 is 1.43 bits per heavy atom. The second-order valence-corrected chi connectivity index (χ2v) is 7.22. The van der Waals surface area contributed by atoms with Crippen LogP contribution < -0.4 is 4.72 Å². The first-order valence-corrected chi connectivity index (χ1v) is 8.49. The van der Waals surface area contributed by atoms with Crippen LogP contribution in [-0.2, 0) is 30.2 Å². The molecule has 1 heterocycles. The summed E-state index contributed by atoms with van der Waals surface area (Å²) in [6.45, 7) is 1.65. The van der Waals surface area contributed by atoms with Crippen LogP contribution in [0.3, 0.4) is 0 Å². The fraction of sp³-hybridized carbons (Fsp3) is 0.308. The summed E-state index contributed by atoms with van der Waals surface area (Å²) in [5, 5.41) is 13.2. The van der Waals surface area contributed by atoms with Gasteiger partial charge >= 0.3 is 0 Å². The van der Waals surface area contributed by atoms with E-state index < -0.39 is 10.0 Å². The standard InChI is InChI=1S/C13H16BrN3O3S/c1-9-12(14)5-10(8-18)6-13(9)21(19,20)16-7-11-3-4-15-17(11)2/h3-6,16,18H,7-8H2,1-2H3. The zero-order chi connectivity index (χ0) is 15.6. The van der Waals surface area contributed by atoms with Gasteiger partial charge in [-0.25, -0.2) is 13.1 Å². The lowest BCUT2D eigenvalue weighted by molar-refractivity contribution is 0.281. The molecule has 0 atom stereocenters. The molecule has 6 nitrogen and oxygen atoms in total. The summed E-state index contributed by atoms with van der Waals surface area (Å²) >= 11 is 3.31. The van der Waals surface area contributed by atoms with E-state index in [9.17, 15) is 13.5 Å². The van der Waals surface area contributed by atoms with E-state index in [2.05, 4.69) is 25.8 Å². The van der Waals surface area contributed by atoms with Crippen LogP contribution in [0.5, 0.6) is 0 Å². The third-order valence-corrected chi connectivity index (χ3v) is 5.55. The van der Waals surface area contributed by atoms with Crippen molar-refractivity contribution in [3.63, 3.8) is 0 Å². The normalized spacial score (nSPS) is 11.8. The predicted molar refractivity (Wildman–Crippen MR) is 82.0 cm³/mol. The number of hydrogen-bond donors (Lipinski definition) is 2. The number of benzene rings is 1. The van der Waals surface area contributed by atoms with Gasteiger partial charge in [0.15, 0.2) is 0 Å². The summed E-state index contributed by atoms with van der Waals surface area (Å²) in [6.07, 6.45) is 1.61. The Kier molecular flexibility index (Phi) is 4.82. The molecule has 0 aliphatic rings. The summed E-state index contributed by atoms with van der Waals surface area (Å²) < 4.78 is 29.7. The van der Waals surface area contributed by atoms with Crippen molar-refractivity contribution in [2.45, 2.75) is 25.0 Å². The molecule has 0 saturated heterocycles. The molecule has 0 saturated carbocycles. The molecule has 1 aromatic heterocycles. The van der Waals surface area contributed by atoms with Gasteiger partial charge in [-0.1, -0.05) is 15.9 Å². The Labute approximate surface area is 132 Å². The Morgan fingerprint density at radius 3 is 2.71 bits per heavy atom. The van der Waals surface area contributed by atoms with E-state index in [-0.39, 0.29) is 18.0 Å². The maximum absolute atomic E-state index is 12.4. The molecule has 2 aromatic rings. The van der Waals surface area contributed by atoms with Crippen LogP contribution in [0.4, 0.5) is 0 Å². The number of rotatable bonds is 5. The molecule has 0 aliphatic heterocycles.